The lowest BCUT2D eigenvalue weighted by Crippen LogP contribution is -2.48. The highest BCUT2D eigenvalue weighted by atomic mass is 32.1. The molecular weight excluding hydrogens is 503 g/mol. The van der Waals surface area contributed by atoms with Gasteiger partial charge in [0, 0.05) is 36.3 Å². The number of fused-ring (bicyclic) bond motifs is 1. The Balaban J connectivity index is 1.75. The topological polar surface area (TPSA) is 71.6 Å². The van der Waals surface area contributed by atoms with Crippen LogP contribution in [0.3, 0.4) is 0 Å². The van der Waals surface area contributed by atoms with Crippen LogP contribution in [0, 0.1) is 12.3 Å². The number of halogens is 3. The number of aromatic nitrogens is 2. The molecule has 2 fully saturated rings. The summed E-state index contributed by atoms with van der Waals surface area (Å²) in [6.07, 6.45) is -1.39. The highest BCUT2D eigenvalue weighted by molar-refractivity contribution is 7.18. The average molecular weight is 540 g/mol. The number of thiophene rings is 1. The first-order valence-corrected chi connectivity index (χ1v) is 13.7. The average Bonchev–Trinajstić information content (AvgIpc) is 3.34. The minimum Gasteiger partial charge on any atom is -0.354 e. The number of aryl methyl sites for hydroxylation is 2. The van der Waals surface area contributed by atoms with Crippen LogP contribution in [0.5, 0.6) is 0 Å². The molecule has 1 aliphatic carbocycles. The van der Waals surface area contributed by atoms with Crippen LogP contribution < -0.4 is 16.6 Å². The highest BCUT2D eigenvalue weighted by Crippen LogP contribution is 2.47. The minimum absolute atomic E-state index is 0.00320. The van der Waals surface area contributed by atoms with Crippen molar-refractivity contribution in [1.82, 2.24) is 19.4 Å². The Kier molecular flexibility index (Phi) is 7.65. The molecule has 11 heteroatoms. The highest BCUT2D eigenvalue weighted by Gasteiger charge is 2.40. The van der Waals surface area contributed by atoms with Crippen molar-refractivity contribution in [3.8, 4) is 0 Å². The number of nitrogens with one attached hydrogen (secondary N) is 1. The van der Waals surface area contributed by atoms with E-state index in [-0.39, 0.29) is 11.5 Å². The Morgan fingerprint density at radius 2 is 1.97 bits per heavy atom. The lowest BCUT2D eigenvalue weighted by Gasteiger charge is -2.43. The predicted molar refractivity (Wildman–Crippen MR) is 142 cm³/mol. The number of allylic oxidation sites excluding steroid dienone is 1. The number of nitrogens with zero attached hydrogens (tertiary/aromatic N) is 4. The first-order valence-electron chi connectivity index (χ1n) is 12.9. The van der Waals surface area contributed by atoms with E-state index in [0.29, 0.717) is 54.2 Å². The summed E-state index contributed by atoms with van der Waals surface area (Å²) in [5.74, 6) is 0.710. The maximum atomic E-state index is 13.6. The first kappa shape index (κ1) is 27.5. The van der Waals surface area contributed by atoms with Crippen LogP contribution in [0.1, 0.15) is 75.8 Å². The van der Waals surface area contributed by atoms with Gasteiger partial charge in [-0.15, -0.1) is 11.3 Å². The molecule has 0 radical (unpaired) electrons. The molecule has 0 bridgehead atoms. The van der Waals surface area contributed by atoms with E-state index < -0.39 is 30.4 Å². The molecule has 1 saturated carbocycles. The van der Waals surface area contributed by atoms with Gasteiger partial charge in [0.25, 0.3) is 5.56 Å². The summed E-state index contributed by atoms with van der Waals surface area (Å²) in [6, 6.07) is -0.296. The summed E-state index contributed by atoms with van der Waals surface area (Å²) in [4.78, 5) is 34.9. The SMILES string of the molecule is C=C(CCCC)/N=C1\NCCN1Cc1sc2c(c1C)c(=O)n(C1CC(C)(C)C1)c(=O)n2CCC(F)(F)F. The molecule has 0 amide bonds. The van der Waals surface area contributed by atoms with Gasteiger partial charge < -0.3 is 10.2 Å². The van der Waals surface area contributed by atoms with E-state index in [4.69, 9.17) is 0 Å². The van der Waals surface area contributed by atoms with Crippen molar-refractivity contribution >= 4 is 27.5 Å². The van der Waals surface area contributed by atoms with Gasteiger partial charge in [0.15, 0.2) is 5.96 Å². The summed E-state index contributed by atoms with van der Waals surface area (Å²) >= 11 is 1.23. The van der Waals surface area contributed by atoms with Gasteiger partial charge >= 0.3 is 11.9 Å². The zero-order valence-electron chi connectivity index (χ0n) is 22.0. The smallest absolute Gasteiger partial charge is 0.354 e. The Morgan fingerprint density at radius 1 is 1.27 bits per heavy atom. The van der Waals surface area contributed by atoms with Crippen LogP contribution in [0.2, 0.25) is 0 Å². The van der Waals surface area contributed by atoms with Gasteiger partial charge in [0.1, 0.15) is 4.83 Å². The number of rotatable bonds is 9. The Bertz CT molecular complexity index is 1330. The minimum atomic E-state index is -4.41. The van der Waals surface area contributed by atoms with Gasteiger partial charge in [-0.05, 0) is 43.6 Å². The van der Waals surface area contributed by atoms with Gasteiger partial charge in [-0.2, -0.15) is 13.2 Å². The molecule has 37 heavy (non-hydrogen) atoms. The van der Waals surface area contributed by atoms with Crippen LogP contribution in [0.15, 0.2) is 26.9 Å². The van der Waals surface area contributed by atoms with Crippen molar-refractivity contribution in [1.29, 1.82) is 0 Å². The number of hydrogen-bond acceptors (Lipinski definition) is 4. The first-order chi connectivity index (χ1) is 17.3. The fraction of sp³-hybridized carbons (Fsp3) is 0.654. The van der Waals surface area contributed by atoms with E-state index in [1.165, 1.54) is 20.5 Å². The van der Waals surface area contributed by atoms with Crippen LogP contribution >= 0.6 is 11.3 Å². The number of hydrogen-bond donors (Lipinski definition) is 1. The molecule has 7 nitrogen and oxygen atoms in total. The Labute approximate surface area is 218 Å². The van der Waals surface area contributed by atoms with Crippen LogP contribution in [0.4, 0.5) is 13.2 Å². The standard InChI is InChI=1S/C26H36F3N5O2S/c1-6-7-8-16(2)31-23-30-10-12-32(23)15-19-17(3)20-21(35)34(18-13-25(4,5)14-18)24(36)33(22(20)37-19)11-9-26(27,28)29/h18H,2,6-15H2,1,3-5H3,(H,30,31). The third kappa shape index (κ3) is 5.81. The summed E-state index contributed by atoms with van der Waals surface area (Å²) in [5.41, 5.74) is 0.458. The second-order valence-electron chi connectivity index (χ2n) is 11.0. The zero-order valence-corrected chi connectivity index (χ0v) is 22.8. The fourth-order valence-electron chi connectivity index (χ4n) is 5.26. The predicted octanol–water partition coefficient (Wildman–Crippen LogP) is 5.31. The molecule has 2 aliphatic rings. The van der Waals surface area contributed by atoms with Crippen molar-refractivity contribution in [3.63, 3.8) is 0 Å². The maximum absolute atomic E-state index is 13.6. The van der Waals surface area contributed by atoms with E-state index in [0.717, 1.165) is 29.8 Å². The molecule has 4 rings (SSSR count). The van der Waals surface area contributed by atoms with Crippen molar-refractivity contribution in [3.05, 3.63) is 43.6 Å². The second-order valence-corrected chi connectivity index (χ2v) is 12.1. The quantitative estimate of drug-likeness (QED) is 0.469. The third-order valence-electron chi connectivity index (χ3n) is 7.28. The van der Waals surface area contributed by atoms with Crippen LogP contribution in [0.25, 0.3) is 10.2 Å². The molecule has 2 aromatic rings. The summed E-state index contributed by atoms with van der Waals surface area (Å²) in [5, 5.41) is 3.63. The Morgan fingerprint density at radius 3 is 2.59 bits per heavy atom. The monoisotopic (exact) mass is 539 g/mol. The molecular formula is C26H36F3N5O2S. The number of guanidine groups is 1. The normalized spacial score (nSPS) is 19.0. The van der Waals surface area contributed by atoms with E-state index in [9.17, 15) is 22.8 Å². The molecule has 1 N–H and O–H groups in total. The van der Waals surface area contributed by atoms with Crippen LogP contribution in [-0.2, 0) is 13.1 Å². The van der Waals surface area contributed by atoms with E-state index in [2.05, 4.69) is 42.6 Å². The maximum Gasteiger partial charge on any atom is 0.390 e. The second kappa shape index (κ2) is 10.3. The van der Waals surface area contributed by atoms with Gasteiger partial charge in [-0.25, -0.2) is 9.79 Å². The van der Waals surface area contributed by atoms with E-state index in [1.807, 2.05) is 6.92 Å². The molecule has 3 heterocycles. The van der Waals surface area contributed by atoms with E-state index >= 15 is 0 Å². The van der Waals surface area contributed by atoms with Crippen molar-refractivity contribution in [2.45, 2.75) is 91.5 Å². The molecule has 0 aromatic carbocycles. The fourth-order valence-corrected chi connectivity index (χ4v) is 6.59. The molecule has 204 valence electrons. The number of aliphatic imine (C=N–C) groups is 1. The molecule has 0 spiro atoms. The zero-order chi connectivity index (χ0) is 27.1. The molecule has 0 atom stereocenters. The largest absolute Gasteiger partial charge is 0.390 e. The lowest BCUT2D eigenvalue weighted by atomic mass is 9.68. The number of unbranched alkanes of at least 4 members (excludes halogenated alkanes) is 1. The molecule has 1 aliphatic heterocycles. The van der Waals surface area contributed by atoms with Crippen LogP contribution in [-0.4, -0.2) is 39.3 Å². The van der Waals surface area contributed by atoms with Gasteiger partial charge in [0.2, 0.25) is 0 Å². The van der Waals surface area contributed by atoms with Crippen molar-refractivity contribution in [2.24, 2.45) is 10.4 Å². The summed E-state index contributed by atoms with van der Waals surface area (Å²) < 4.78 is 41.8. The third-order valence-corrected chi connectivity index (χ3v) is 8.58. The molecule has 1 saturated heterocycles. The number of alkyl halides is 3. The molecule has 0 unspecified atom stereocenters. The van der Waals surface area contributed by atoms with Crippen molar-refractivity contribution < 1.29 is 13.2 Å². The van der Waals surface area contributed by atoms with E-state index in [1.54, 1.807) is 0 Å². The lowest BCUT2D eigenvalue weighted by molar-refractivity contribution is -0.136. The van der Waals surface area contributed by atoms with Gasteiger partial charge in [-0.1, -0.05) is 33.8 Å². The van der Waals surface area contributed by atoms with Gasteiger partial charge in [-0.3, -0.25) is 13.9 Å². The Hall–Kier alpha value is -2.56. The van der Waals surface area contributed by atoms with Gasteiger partial charge in [0.05, 0.1) is 18.4 Å². The van der Waals surface area contributed by atoms with Crippen molar-refractivity contribution in [2.75, 3.05) is 13.1 Å². The summed E-state index contributed by atoms with van der Waals surface area (Å²) in [6.45, 7) is 13.5. The molecule has 2 aromatic heterocycles. The summed E-state index contributed by atoms with van der Waals surface area (Å²) in [7, 11) is 0.